The van der Waals surface area contributed by atoms with Gasteiger partial charge in [-0.1, -0.05) is 26.8 Å². The van der Waals surface area contributed by atoms with E-state index in [1.54, 1.807) is 36.5 Å². The number of benzene rings is 1. The average Bonchev–Trinajstić information content (AvgIpc) is 3.07. The summed E-state index contributed by atoms with van der Waals surface area (Å²) in [4.78, 5) is 17.2. The fourth-order valence-corrected chi connectivity index (χ4v) is 6.78. The lowest BCUT2D eigenvalue weighted by atomic mass is 9.69. The number of pyridine rings is 1. The quantitative estimate of drug-likeness (QED) is 0.715. The molecule has 2 aliphatic rings. The molecule has 0 unspecified atom stereocenters. The van der Waals surface area contributed by atoms with Crippen molar-refractivity contribution in [1.29, 1.82) is 0 Å². The van der Waals surface area contributed by atoms with Crippen LogP contribution >= 0.6 is 0 Å². The molecule has 2 fully saturated rings. The number of amides is 1. The second kappa shape index (κ2) is 7.60. The van der Waals surface area contributed by atoms with Crippen molar-refractivity contribution in [3.63, 3.8) is 0 Å². The molecule has 1 heterocycles. The zero-order chi connectivity index (χ0) is 22.4. The second-order valence-electron chi connectivity index (χ2n) is 9.27. The van der Waals surface area contributed by atoms with E-state index in [2.05, 4.69) is 35.8 Å². The molecule has 2 aromatic rings. The minimum Gasteiger partial charge on any atom is -0.497 e. The van der Waals surface area contributed by atoms with Crippen LogP contribution in [0.5, 0.6) is 5.75 Å². The van der Waals surface area contributed by atoms with Gasteiger partial charge in [0.25, 0.3) is 5.91 Å². The normalized spacial score (nSPS) is 29.0. The molecule has 4 rings (SSSR count). The van der Waals surface area contributed by atoms with Gasteiger partial charge in [0.05, 0.1) is 18.0 Å². The van der Waals surface area contributed by atoms with Crippen LogP contribution in [-0.4, -0.2) is 38.5 Å². The van der Waals surface area contributed by atoms with Gasteiger partial charge in [-0.2, -0.15) is 0 Å². The lowest BCUT2D eigenvalue weighted by molar-refractivity contribution is 0.0809. The summed E-state index contributed by atoms with van der Waals surface area (Å²) in [5.41, 5.74) is -0.0550. The highest BCUT2D eigenvalue weighted by molar-refractivity contribution is 7.89. The maximum absolute atomic E-state index is 13.2. The number of nitrogens with zero attached hydrogens (tertiary/aromatic N) is 1. The predicted octanol–water partition coefficient (Wildman–Crippen LogP) is 2.99. The molecular formula is C23H29N3O4S. The number of hydrogen-bond donors (Lipinski definition) is 2. The van der Waals surface area contributed by atoms with Crippen molar-refractivity contribution < 1.29 is 17.9 Å². The van der Waals surface area contributed by atoms with E-state index in [9.17, 15) is 13.2 Å². The summed E-state index contributed by atoms with van der Waals surface area (Å²) in [5, 5.41) is 3.12. The van der Waals surface area contributed by atoms with Crippen LogP contribution in [0.1, 0.15) is 44.1 Å². The summed E-state index contributed by atoms with van der Waals surface area (Å²) in [6, 6.07) is 10.7. The Hall–Kier alpha value is -2.45. The SMILES string of the molecule is COc1ccc(S(=O)(=O)N[C@@H]2[C@H]3CC[C@@](C)([C@@H]2NC(=O)c2ccccn2)C3(C)C)cc1. The molecule has 0 aliphatic heterocycles. The molecule has 2 bridgehead atoms. The number of hydrogen-bond acceptors (Lipinski definition) is 5. The van der Waals surface area contributed by atoms with Gasteiger partial charge in [0.2, 0.25) is 10.0 Å². The van der Waals surface area contributed by atoms with E-state index in [-0.39, 0.29) is 33.6 Å². The Morgan fingerprint density at radius 1 is 1.13 bits per heavy atom. The molecule has 8 heteroatoms. The van der Waals surface area contributed by atoms with Crippen molar-refractivity contribution >= 4 is 15.9 Å². The number of carbonyl (C=O) groups is 1. The summed E-state index contributed by atoms with van der Waals surface area (Å²) < 4.78 is 34.5. The summed E-state index contributed by atoms with van der Waals surface area (Å²) >= 11 is 0. The van der Waals surface area contributed by atoms with Crippen LogP contribution < -0.4 is 14.8 Å². The molecule has 2 N–H and O–H groups in total. The molecule has 0 saturated heterocycles. The molecule has 0 spiro atoms. The van der Waals surface area contributed by atoms with Crippen molar-refractivity contribution in [3.05, 3.63) is 54.4 Å². The second-order valence-corrected chi connectivity index (χ2v) is 11.0. The summed E-state index contributed by atoms with van der Waals surface area (Å²) in [5.74, 6) is 0.413. The van der Waals surface area contributed by atoms with Crippen molar-refractivity contribution in [2.45, 2.75) is 50.6 Å². The lowest BCUT2D eigenvalue weighted by Crippen LogP contribution is -2.57. The highest BCUT2D eigenvalue weighted by atomic mass is 32.2. The number of fused-ring (bicyclic) bond motifs is 2. The first-order valence-electron chi connectivity index (χ1n) is 10.5. The first kappa shape index (κ1) is 21.8. The van der Waals surface area contributed by atoms with Gasteiger partial charge in [-0.3, -0.25) is 9.78 Å². The topological polar surface area (TPSA) is 97.4 Å². The van der Waals surface area contributed by atoms with Gasteiger partial charge in [0.15, 0.2) is 0 Å². The van der Waals surface area contributed by atoms with Crippen molar-refractivity contribution in [3.8, 4) is 5.75 Å². The predicted molar refractivity (Wildman–Crippen MR) is 117 cm³/mol. The van der Waals surface area contributed by atoms with E-state index in [4.69, 9.17) is 4.74 Å². The maximum atomic E-state index is 13.2. The smallest absolute Gasteiger partial charge is 0.270 e. The van der Waals surface area contributed by atoms with E-state index in [1.807, 2.05) is 0 Å². The number of ether oxygens (including phenoxy) is 1. The van der Waals surface area contributed by atoms with Gasteiger partial charge >= 0.3 is 0 Å². The highest BCUT2D eigenvalue weighted by Gasteiger charge is 2.67. The molecule has 1 aromatic heterocycles. The van der Waals surface area contributed by atoms with Crippen LogP contribution in [0.15, 0.2) is 53.6 Å². The Bertz CT molecular complexity index is 1070. The molecule has 4 atom stereocenters. The zero-order valence-corrected chi connectivity index (χ0v) is 19.1. The standard InChI is InChI=1S/C23H29N3O4S/c1-22(2)17-12-13-23(22,3)20(25-21(27)18-7-5-6-14-24-18)19(17)26-31(28,29)16-10-8-15(30-4)9-11-16/h5-11,14,17,19-20,26H,12-13H2,1-4H3,(H,25,27)/t17-,19-,20-,23+/m1/s1. The first-order valence-corrected chi connectivity index (χ1v) is 12.0. The largest absolute Gasteiger partial charge is 0.497 e. The number of aromatic nitrogens is 1. The monoisotopic (exact) mass is 443 g/mol. The number of carbonyl (C=O) groups excluding carboxylic acids is 1. The fourth-order valence-electron chi connectivity index (χ4n) is 5.49. The average molecular weight is 444 g/mol. The molecule has 166 valence electrons. The minimum atomic E-state index is -3.77. The molecular weight excluding hydrogens is 414 g/mol. The van der Waals surface area contributed by atoms with Gasteiger partial charge in [0, 0.05) is 12.2 Å². The third kappa shape index (κ3) is 3.51. The fraction of sp³-hybridized carbons (Fsp3) is 0.478. The molecule has 1 aromatic carbocycles. The number of sulfonamides is 1. The molecule has 0 radical (unpaired) electrons. The zero-order valence-electron chi connectivity index (χ0n) is 18.3. The van der Waals surface area contributed by atoms with Gasteiger partial charge in [-0.05, 0) is 66.0 Å². The molecule has 7 nitrogen and oxygen atoms in total. The molecule has 31 heavy (non-hydrogen) atoms. The molecule has 1 amide bonds. The Kier molecular flexibility index (Phi) is 5.34. The number of nitrogens with one attached hydrogen (secondary N) is 2. The van der Waals surface area contributed by atoms with Crippen LogP contribution in [0, 0.1) is 16.7 Å². The van der Waals surface area contributed by atoms with Gasteiger partial charge in [-0.25, -0.2) is 13.1 Å². The minimum absolute atomic E-state index is 0.111. The Balaban J connectivity index is 1.64. The third-order valence-corrected chi connectivity index (χ3v) is 9.17. The van der Waals surface area contributed by atoms with E-state index in [0.717, 1.165) is 12.8 Å². The van der Waals surface area contributed by atoms with E-state index >= 15 is 0 Å². The Morgan fingerprint density at radius 3 is 2.45 bits per heavy atom. The van der Waals surface area contributed by atoms with Crippen LogP contribution in [-0.2, 0) is 10.0 Å². The first-order chi connectivity index (χ1) is 14.6. The maximum Gasteiger partial charge on any atom is 0.270 e. The van der Waals surface area contributed by atoms with Crippen molar-refractivity contribution in [2.75, 3.05) is 7.11 Å². The van der Waals surface area contributed by atoms with Gasteiger partial charge in [0.1, 0.15) is 11.4 Å². The van der Waals surface area contributed by atoms with Crippen LogP contribution in [0.4, 0.5) is 0 Å². The Morgan fingerprint density at radius 2 is 1.84 bits per heavy atom. The van der Waals surface area contributed by atoms with Crippen LogP contribution in [0.2, 0.25) is 0 Å². The van der Waals surface area contributed by atoms with Crippen LogP contribution in [0.3, 0.4) is 0 Å². The van der Waals surface area contributed by atoms with Crippen LogP contribution in [0.25, 0.3) is 0 Å². The summed E-state index contributed by atoms with van der Waals surface area (Å²) in [7, 11) is -2.24. The lowest BCUT2D eigenvalue weighted by Gasteiger charge is -2.40. The Labute approximate surface area is 183 Å². The summed E-state index contributed by atoms with van der Waals surface area (Å²) in [6.07, 6.45) is 3.42. The third-order valence-electron chi connectivity index (χ3n) is 7.70. The van der Waals surface area contributed by atoms with Crippen molar-refractivity contribution in [1.82, 2.24) is 15.0 Å². The molecule has 2 aliphatic carbocycles. The number of rotatable bonds is 6. The van der Waals surface area contributed by atoms with Gasteiger partial charge < -0.3 is 10.1 Å². The van der Waals surface area contributed by atoms with E-state index in [1.165, 1.54) is 19.2 Å². The summed E-state index contributed by atoms with van der Waals surface area (Å²) in [6.45, 7) is 6.50. The van der Waals surface area contributed by atoms with Gasteiger partial charge in [-0.15, -0.1) is 0 Å². The number of methoxy groups -OCH3 is 1. The molecule has 2 saturated carbocycles. The van der Waals surface area contributed by atoms with E-state index in [0.29, 0.717) is 11.4 Å². The van der Waals surface area contributed by atoms with E-state index < -0.39 is 16.1 Å². The van der Waals surface area contributed by atoms with Crippen molar-refractivity contribution in [2.24, 2.45) is 16.7 Å². The highest BCUT2D eigenvalue weighted by Crippen LogP contribution is 2.65.